The fraction of sp³-hybridized carbons (Fsp3) is 0.385. The molecule has 0 unspecified atom stereocenters. The van der Waals surface area contributed by atoms with E-state index in [1.165, 1.54) is 12.1 Å². The number of benzene rings is 1. The number of hydrogen-bond acceptors (Lipinski definition) is 2. The highest BCUT2D eigenvalue weighted by molar-refractivity contribution is 6.34. The summed E-state index contributed by atoms with van der Waals surface area (Å²) in [7, 11) is 0. The van der Waals surface area contributed by atoms with Crippen molar-refractivity contribution in [3.05, 3.63) is 34.3 Å². The molecule has 0 amide bonds. The zero-order valence-electron chi connectivity index (χ0n) is 10.1. The van der Waals surface area contributed by atoms with E-state index < -0.39 is 0 Å². The second-order valence-corrected chi connectivity index (χ2v) is 4.86. The van der Waals surface area contributed by atoms with Gasteiger partial charge >= 0.3 is 0 Å². The van der Waals surface area contributed by atoms with E-state index in [0.717, 1.165) is 16.7 Å². The monoisotopic (exact) mass is 255 g/mol. The van der Waals surface area contributed by atoms with Crippen LogP contribution in [0.5, 0.6) is 0 Å². The van der Waals surface area contributed by atoms with Gasteiger partial charge < -0.3 is 9.73 Å². The lowest BCUT2D eigenvalue weighted by Gasteiger charge is -2.05. The fourth-order valence-electron chi connectivity index (χ4n) is 1.76. The molecule has 0 radical (unpaired) electrons. The number of fused-ring (bicyclic) bond motifs is 1. The molecular weight excluding hydrogens is 241 g/mol. The normalized spacial score (nSPS) is 11.6. The van der Waals surface area contributed by atoms with Crippen molar-refractivity contribution in [3.63, 3.8) is 0 Å². The van der Waals surface area contributed by atoms with Crippen molar-refractivity contribution in [2.24, 2.45) is 0 Å². The Morgan fingerprint density at radius 1 is 1.41 bits per heavy atom. The summed E-state index contributed by atoms with van der Waals surface area (Å²) in [4.78, 5) is 0. The van der Waals surface area contributed by atoms with Crippen molar-refractivity contribution in [1.82, 2.24) is 5.32 Å². The first kappa shape index (κ1) is 12.4. The van der Waals surface area contributed by atoms with E-state index in [1.54, 1.807) is 0 Å². The average molecular weight is 256 g/mol. The van der Waals surface area contributed by atoms with Crippen LogP contribution in [0.15, 0.2) is 16.5 Å². The summed E-state index contributed by atoms with van der Waals surface area (Å²) in [6.07, 6.45) is 0. The van der Waals surface area contributed by atoms with E-state index in [0.29, 0.717) is 23.2 Å². The van der Waals surface area contributed by atoms with Crippen LogP contribution in [0.25, 0.3) is 11.0 Å². The average Bonchev–Trinajstić information content (AvgIpc) is 2.54. The Kier molecular flexibility index (Phi) is 3.40. The lowest BCUT2D eigenvalue weighted by Crippen LogP contribution is -2.21. The van der Waals surface area contributed by atoms with Gasteiger partial charge in [-0.05, 0) is 24.6 Å². The maximum atomic E-state index is 13.3. The SMILES string of the molecule is Cc1c(CNC(C)C)oc2c(Cl)cc(F)cc12. The first-order valence-corrected chi connectivity index (χ1v) is 5.97. The third kappa shape index (κ3) is 2.45. The quantitative estimate of drug-likeness (QED) is 0.896. The molecule has 0 bridgehead atoms. The van der Waals surface area contributed by atoms with Crippen LogP contribution in [-0.4, -0.2) is 6.04 Å². The van der Waals surface area contributed by atoms with E-state index in [9.17, 15) is 4.39 Å². The molecular formula is C13H15ClFNO. The summed E-state index contributed by atoms with van der Waals surface area (Å²) < 4.78 is 18.9. The van der Waals surface area contributed by atoms with Crippen molar-refractivity contribution >= 4 is 22.6 Å². The first-order valence-electron chi connectivity index (χ1n) is 5.59. The van der Waals surface area contributed by atoms with Crippen molar-refractivity contribution in [2.75, 3.05) is 0 Å². The molecule has 1 aromatic carbocycles. The minimum Gasteiger partial charge on any atom is -0.458 e. The molecule has 0 saturated heterocycles. The molecule has 0 fully saturated rings. The highest BCUT2D eigenvalue weighted by atomic mass is 35.5. The molecule has 4 heteroatoms. The molecule has 2 aromatic rings. The van der Waals surface area contributed by atoms with Crippen LogP contribution in [0.2, 0.25) is 5.02 Å². The number of furan rings is 1. The van der Waals surface area contributed by atoms with Crippen LogP contribution in [-0.2, 0) is 6.54 Å². The third-order valence-electron chi connectivity index (χ3n) is 2.73. The van der Waals surface area contributed by atoms with E-state index in [1.807, 2.05) is 6.92 Å². The molecule has 0 aliphatic carbocycles. The number of aryl methyl sites for hydroxylation is 1. The van der Waals surface area contributed by atoms with Gasteiger partial charge in [-0.2, -0.15) is 0 Å². The van der Waals surface area contributed by atoms with Gasteiger partial charge in [-0.15, -0.1) is 0 Å². The summed E-state index contributed by atoms with van der Waals surface area (Å²) in [5.74, 6) is 0.468. The molecule has 1 N–H and O–H groups in total. The Bertz CT molecular complexity index is 548. The Balaban J connectivity index is 2.45. The third-order valence-corrected chi connectivity index (χ3v) is 3.01. The fourth-order valence-corrected chi connectivity index (χ4v) is 2.00. The molecule has 17 heavy (non-hydrogen) atoms. The van der Waals surface area contributed by atoms with Crippen LogP contribution < -0.4 is 5.32 Å². The largest absolute Gasteiger partial charge is 0.458 e. The van der Waals surface area contributed by atoms with Crippen LogP contribution >= 0.6 is 11.6 Å². The number of halogens is 2. The first-order chi connectivity index (χ1) is 7.99. The predicted octanol–water partition coefficient (Wildman–Crippen LogP) is 4.03. The standard InChI is InChI=1S/C13H15ClFNO/c1-7(2)16-6-12-8(3)10-4-9(15)5-11(14)13(10)17-12/h4-5,7,16H,6H2,1-3H3. The molecule has 1 heterocycles. The van der Waals surface area contributed by atoms with E-state index in [4.69, 9.17) is 16.0 Å². The lowest BCUT2D eigenvalue weighted by molar-refractivity contribution is 0.485. The smallest absolute Gasteiger partial charge is 0.153 e. The number of rotatable bonds is 3. The molecule has 0 saturated carbocycles. The van der Waals surface area contributed by atoms with Gasteiger partial charge in [0.2, 0.25) is 0 Å². The molecule has 0 aliphatic rings. The minimum absolute atomic E-state index is 0.318. The van der Waals surface area contributed by atoms with Gasteiger partial charge in [0.15, 0.2) is 5.58 Å². The van der Waals surface area contributed by atoms with Crippen molar-refractivity contribution in [3.8, 4) is 0 Å². The van der Waals surface area contributed by atoms with Crippen LogP contribution in [0.1, 0.15) is 25.2 Å². The second kappa shape index (κ2) is 4.67. The van der Waals surface area contributed by atoms with E-state index in [-0.39, 0.29) is 5.82 Å². The van der Waals surface area contributed by atoms with E-state index >= 15 is 0 Å². The van der Waals surface area contributed by atoms with Gasteiger partial charge in [0, 0.05) is 11.4 Å². The molecule has 0 aliphatic heterocycles. The second-order valence-electron chi connectivity index (χ2n) is 4.45. The van der Waals surface area contributed by atoms with Gasteiger partial charge in [-0.3, -0.25) is 0 Å². The van der Waals surface area contributed by atoms with Crippen molar-refractivity contribution in [2.45, 2.75) is 33.4 Å². The van der Waals surface area contributed by atoms with Crippen LogP contribution in [0.3, 0.4) is 0 Å². The van der Waals surface area contributed by atoms with Crippen molar-refractivity contribution in [1.29, 1.82) is 0 Å². The highest BCUT2D eigenvalue weighted by Crippen LogP contribution is 2.31. The minimum atomic E-state index is -0.338. The van der Waals surface area contributed by atoms with Crippen LogP contribution in [0, 0.1) is 12.7 Å². The maximum Gasteiger partial charge on any atom is 0.153 e. The molecule has 1 aromatic heterocycles. The topological polar surface area (TPSA) is 25.2 Å². The molecule has 2 rings (SSSR count). The van der Waals surface area contributed by atoms with Gasteiger partial charge in [-0.25, -0.2) is 4.39 Å². The molecule has 92 valence electrons. The molecule has 2 nitrogen and oxygen atoms in total. The Labute approximate surface area is 105 Å². The van der Waals surface area contributed by atoms with Gasteiger partial charge in [0.05, 0.1) is 11.6 Å². The van der Waals surface area contributed by atoms with Gasteiger partial charge in [-0.1, -0.05) is 25.4 Å². The Morgan fingerprint density at radius 2 is 2.12 bits per heavy atom. The number of nitrogens with one attached hydrogen (secondary N) is 1. The summed E-state index contributed by atoms with van der Waals surface area (Å²) in [6.45, 7) is 6.66. The van der Waals surface area contributed by atoms with Crippen LogP contribution in [0.4, 0.5) is 4.39 Å². The van der Waals surface area contributed by atoms with Gasteiger partial charge in [0.1, 0.15) is 11.6 Å². The summed E-state index contributed by atoms with van der Waals surface area (Å²) >= 11 is 5.96. The van der Waals surface area contributed by atoms with E-state index in [2.05, 4.69) is 19.2 Å². The Hall–Kier alpha value is -1.06. The van der Waals surface area contributed by atoms with Crippen molar-refractivity contribution < 1.29 is 8.81 Å². The Morgan fingerprint density at radius 3 is 2.76 bits per heavy atom. The highest BCUT2D eigenvalue weighted by Gasteiger charge is 2.14. The lowest BCUT2D eigenvalue weighted by atomic mass is 10.1. The summed E-state index contributed by atoms with van der Waals surface area (Å²) in [5, 5.41) is 4.33. The number of hydrogen-bond donors (Lipinski definition) is 1. The zero-order valence-corrected chi connectivity index (χ0v) is 10.9. The predicted molar refractivity (Wildman–Crippen MR) is 67.9 cm³/mol. The summed E-state index contributed by atoms with van der Waals surface area (Å²) in [6, 6.07) is 3.10. The van der Waals surface area contributed by atoms with Gasteiger partial charge in [0.25, 0.3) is 0 Å². The maximum absolute atomic E-state index is 13.3. The molecule has 0 atom stereocenters. The molecule has 0 spiro atoms. The zero-order chi connectivity index (χ0) is 12.6. The summed E-state index contributed by atoms with van der Waals surface area (Å²) in [5.41, 5.74) is 1.50.